The van der Waals surface area contributed by atoms with Gasteiger partial charge in [0.2, 0.25) is 0 Å². The number of aliphatic carboxylic acids is 1. The van der Waals surface area contributed by atoms with Gasteiger partial charge in [0.25, 0.3) is 0 Å². The van der Waals surface area contributed by atoms with Crippen molar-refractivity contribution in [2.24, 2.45) is 5.41 Å². The van der Waals surface area contributed by atoms with E-state index in [-0.39, 0.29) is 0 Å². The summed E-state index contributed by atoms with van der Waals surface area (Å²) in [4.78, 5) is 11.9. The van der Waals surface area contributed by atoms with Gasteiger partial charge in [-0.2, -0.15) is 0 Å². The van der Waals surface area contributed by atoms with E-state index in [9.17, 15) is 9.90 Å². The molecule has 1 aliphatic rings. The van der Waals surface area contributed by atoms with Crippen LogP contribution in [0.25, 0.3) is 0 Å². The second kappa shape index (κ2) is 5.77. The van der Waals surface area contributed by atoms with E-state index in [4.69, 9.17) is 0 Å². The van der Waals surface area contributed by atoms with E-state index in [0.717, 1.165) is 25.7 Å². The van der Waals surface area contributed by atoms with Crippen molar-refractivity contribution in [1.29, 1.82) is 0 Å². The highest BCUT2D eigenvalue weighted by molar-refractivity contribution is 5.75. The van der Waals surface area contributed by atoms with Gasteiger partial charge < -0.3 is 5.11 Å². The molecule has 0 saturated heterocycles. The molecular formula is C17H24O2. The monoisotopic (exact) mass is 260 g/mol. The first-order chi connectivity index (χ1) is 9.05. The lowest BCUT2D eigenvalue weighted by molar-refractivity contribution is -0.149. The summed E-state index contributed by atoms with van der Waals surface area (Å²) >= 11 is 0. The molecule has 0 radical (unpaired) electrons. The normalized spacial score (nSPS) is 18.8. The molecule has 0 spiro atoms. The number of hydrogen-bond donors (Lipinski definition) is 1. The first-order valence-electron chi connectivity index (χ1n) is 7.34. The van der Waals surface area contributed by atoms with E-state index in [1.54, 1.807) is 0 Å². The van der Waals surface area contributed by atoms with Gasteiger partial charge in [-0.15, -0.1) is 0 Å². The second-order valence-electron chi connectivity index (χ2n) is 6.05. The Hall–Kier alpha value is -1.31. The van der Waals surface area contributed by atoms with Crippen LogP contribution in [0.5, 0.6) is 0 Å². The highest BCUT2D eigenvalue weighted by atomic mass is 16.4. The third kappa shape index (κ3) is 2.99. The zero-order chi connectivity index (χ0) is 13.9. The van der Waals surface area contributed by atoms with Crippen LogP contribution in [0.15, 0.2) is 18.2 Å². The fourth-order valence-electron chi connectivity index (χ4n) is 3.34. The van der Waals surface area contributed by atoms with Crippen molar-refractivity contribution in [3.8, 4) is 0 Å². The van der Waals surface area contributed by atoms with Crippen LogP contribution in [-0.2, 0) is 11.2 Å². The molecule has 1 fully saturated rings. The Bertz CT molecular complexity index is 434. The summed E-state index contributed by atoms with van der Waals surface area (Å²) in [6, 6.07) is 6.23. The minimum absolute atomic E-state index is 0.534. The number of carboxylic acid groups (broad SMARTS) is 1. The maximum atomic E-state index is 11.9. The van der Waals surface area contributed by atoms with Gasteiger partial charge in [-0.3, -0.25) is 4.79 Å². The van der Waals surface area contributed by atoms with Crippen LogP contribution in [0, 0.1) is 19.3 Å². The van der Waals surface area contributed by atoms with Crippen molar-refractivity contribution in [3.63, 3.8) is 0 Å². The topological polar surface area (TPSA) is 37.3 Å². The molecule has 104 valence electrons. The smallest absolute Gasteiger partial charge is 0.309 e. The van der Waals surface area contributed by atoms with Crippen LogP contribution in [0.1, 0.15) is 55.2 Å². The molecule has 1 N–H and O–H groups in total. The summed E-state index contributed by atoms with van der Waals surface area (Å²) in [6.07, 6.45) is 6.82. The second-order valence-corrected chi connectivity index (χ2v) is 6.05. The number of hydrogen-bond acceptors (Lipinski definition) is 1. The summed E-state index contributed by atoms with van der Waals surface area (Å²) in [7, 11) is 0. The molecule has 1 aromatic rings. The fourth-order valence-corrected chi connectivity index (χ4v) is 3.34. The minimum atomic E-state index is -0.600. The SMILES string of the molecule is Cc1cccc(C)c1CC1(C(=O)O)CCCCCC1. The third-order valence-electron chi connectivity index (χ3n) is 4.67. The molecule has 0 bridgehead atoms. The molecular weight excluding hydrogens is 236 g/mol. The van der Waals surface area contributed by atoms with E-state index < -0.39 is 11.4 Å². The largest absolute Gasteiger partial charge is 0.481 e. The minimum Gasteiger partial charge on any atom is -0.481 e. The van der Waals surface area contributed by atoms with Crippen LogP contribution >= 0.6 is 0 Å². The Morgan fingerprint density at radius 2 is 1.63 bits per heavy atom. The molecule has 0 unspecified atom stereocenters. The van der Waals surface area contributed by atoms with Crippen molar-refractivity contribution < 1.29 is 9.90 Å². The molecule has 19 heavy (non-hydrogen) atoms. The number of carbonyl (C=O) groups is 1. The van der Waals surface area contributed by atoms with E-state index in [2.05, 4.69) is 32.0 Å². The summed E-state index contributed by atoms with van der Waals surface area (Å²) in [5, 5.41) is 9.76. The molecule has 1 saturated carbocycles. The van der Waals surface area contributed by atoms with Gasteiger partial charge in [0, 0.05) is 0 Å². The Kier molecular flexibility index (Phi) is 4.28. The maximum absolute atomic E-state index is 11.9. The van der Waals surface area contributed by atoms with E-state index >= 15 is 0 Å². The van der Waals surface area contributed by atoms with Crippen LogP contribution < -0.4 is 0 Å². The van der Waals surface area contributed by atoms with Gasteiger partial charge in [0.15, 0.2) is 0 Å². The van der Waals surface area contributed by atoms with Crippen molar-refractivity contribution in [2.75, 3.05) is 0 Å². The van der Waals surface area contributed by atoms with E-state index in [0.29, 0.717) is 6.42 Å². The Morgan fingerprint density at radius 1 is 1.11 bits per heavy atom. The summed E-state index contributed by atoms with van der Waals surface area (Å²) in [5.41, 5.74) is 3.16. The maximum Gasteiger partial charge on any atom is 0.309 e. The van der Waals surface area contributed by atoms with E-state index in [1.807, 2.05) is 0 Å². The summed E-state index contributed by atoms with van der Waals surface area (Å²) in [5.74, 6) is -0.600. The molecule has 1 aliphatic carbocycles. The van der Waals surface area contributed by atoms with Gasteiger partial charge >= 0.3 is 5.97 Å². The van der Waals surface area contributed by atoms with Crippen LogP contribution in [0.4, 0.5) is 0 Å². The van der Waals surface area contributed by atoms with Gasteiger partial charge in [-0.05, 0) is 49.8 Å². The number of benzene rings is 1. The quantitative estimate of drug-likeness (QED) is 0.824. The number of aryl methyl sites for hydroxylation is 2. The van der Waals surface area contributed by atoms with Gasteiger partial charge in [-0.25, -0.2) is 0 Å². The Morgan fingerprint density at radius 3 is 2.11 bits per heavy atom. The molecule has 0 atom stereocenters. The zero-order valence-corrected chi connectivity index (χ0v) is 12.0. The van der Waals surface area contributed by atoms with E-state index in [1.165, 1.54) is 29.5 Å². The lowest BCUT2D eigenvalue weighted by atomic mass is 9.74. The fraction of sp³-hybridized carbons (Fsp3) is 0.588. The van der Waals surface area contributed by atoms with Crippen molar-refractivity contribution in [2.45, 2.75) is 58.8 Å². The molecule has 1 aromatic carbocycles. The molecule has 0 amide bonds. The average molecular weight is 260 g/mol. The van der Waals surface area contributed by atoms with Gasteiger partial charge in [-0.1, -0.05) is 43.9 Å². The Balaban J connectivity index is 2.33. The van der Waals surface area contributed by atoms with Crippen molar-refractivity contribution in [1.82, 2.24) is 0 Å². The number of rotatable bonds is 3. The first-order valence-corrected chi connectivity index (χ1v) is 7.34. The molecule has 0 aromatic heterocycles. The highest BCUT2D eigenvalue weighted by Gasteiger charge is 2.39. The van der Waals surface area contributed by atoms with Crippen LogP contribution in [-0.4, -0.2) is 11.1 Å². The predicted molar refractivity (Wildman–Crippen MR) is 77.4 cm³/mol. The molecule has 0 aliphatic heterocycles. The lowest BCUT2D eigenvalue weighted by Crippen LogP contribution is -2.33. The molecule has 2 nitrogen and oxygen atoms in total. The average Bonchev–Trinajstić information content (AvgIpc) is 2.60. The summed E-state index contributed by atoms with van der Waals surface area (Å²) < 4.78 is 0. The third-order valence-corrected chi connectivity index (χ3v) is 4.67. The predicted octanol–water partition coefficient (Wildman–Crippen LogP) is 4.27. The standard InChI is InChI=1S/C17H24O2/c1-13-8-7-9-14(2)15(13)12-17(16(18)19)10-5-3-4-6-11-17/h7-9H,3-6,10-12H2,1-2H3,(H,18,19). The van der Waals surface area contributed by atoms with Crippen molar-refractivity contribution >= 4 is 5.97 Å². The zero-order valence-electron chi connectivity index (χ0n) is 12.0. The first kappa shape index (κ1) is 14.1. The van der Waals surface area contributed by atoms with Gasteiger partial charge in [0.05, 0.1) is 5.41 Å². The molecule has 0 heterocycles. The number of carboxylic acids is 1. The molecule has 2 rings (SSSR count). The summed E-state index contributed by atoms with van der Waals surface area (Å²) in [6.45, 7) is 4.18. The van der Waals surface area contributed by atoms with Crippen molar-refractivity contribution in [3.05, 3.63) is 34.9 Å². The Labute approximate surface area is 115 Å². The van der Waals surface area contributed by atoms with Crippen LogP contribution in [0.2, 0.25) is 0 Å². The molecule has 2 heteroatoms. The van der Waals surface area contributed by atoms with Crippen LogP contribution in [0.3, 0.4) is 0 Å². The highest BCUT2D eigenvalue weighted by Crippen LogP contribution is 2.39. The lowest BCUT2D eigenvalue weighted by Gasteiger charge is -2.29. The van der Waals surface area contributed by atoms with Gasteiger partial charge in [0.1, 0.15) is 0 Å².